The molecule has 2 N–H and O–H groups in total. The maximum atomic E-state index is 12.1. The summed E-state index contributed by atoms with van der Waals surface area (Å²) in [6.45, 7) is 0.740. The van der Waals surface area contributed by atoms with E-state index < -0.39 is 5.97 Å². The van der Waals surface area contributed by atoms with Crippen molar-refractivity contribution in [1.82, 2.24) is 5.32 Å². The molecule has 2 amide bonds. The van der Waals surface area contributed by atoms with Gasteiger partial charge in [0.2, 0.25) is 0 Å². The quantitative estimate of drug-likeness (QED) is 0.718. The minimum Gasteiger partial charge on any atom is -0.481 e. The highest BCUT2D eigenvalue weighted by Crippen LogP contribution is 2.13. The van der Waals surface area contributed by atoms with E-state index in [-0.39, 0.29) is 18.9 Å². The first-order valence-electron chi connectivity index (χ1n) is 6.84. The summed E-state index contributed by atoms with van der Waals surface area (Å²) >= 11 is 0. The number of nitriles is 1. The van der Waals surface area contributed by atoms with Crippen molar-refractivity contribution in [3.63, 3.8) is 0 Å². The number of carbonyl (C=O) groups excluding carboxylic acids is 1. The second-order valence-electron chi connectivity index (χ2n) is 4.48. The summed E-state index contributed by atoms with van der Waals surface area (Å²) < 4.78 is 0. The highest BCUT2D eigenvalue weighted by atomic mass is 16.4. The number of carboxylic acid groups (broad SMARTS) is 1. The van der Waals surface area contributed by atoms with Crippen LogP contribution in [0.5, 0.6) is 0 Å². The summed E-state index contributed by atoms with van der Waals surface area (Å²) in [5.41, 5.74) is 0.732. The molecule has 1 aromatic carbocycles. The van der Waals surface area contributed by atoms with Crippen LogP contribution in [0.3, 0.4) is 0 Å². The number of para-hydroxylation sites is 1. The predicted octanol–water partition coefficient (Wildman–Crippen LogP) is 2.37. The molecule has 0 heterocycles. The molecule has 1 aromatic rings. The van der Waals surface area contributed by atoms with Crippen molar-refractivity contribution in [2.75, 3.05) is 18.0 Å². The first-order valence-corrected chi connectivity index (χ1v) is 6.84. The van der Waals surface area contributed by atoms with Gasteiger partial charge in [-0.25, -0.2) is 4.79 Å². The van der Waals surface area contributed by atoms with E-state index in [9.17, 15) is 9.59 Å². The molecule has 21 heavy (non-hydrogen) atoms. The Morgan fingerprint density at radius 1 is 1.24 bits per heavy atom. The number of urea groups is 1. The number of nitrogens with one attached hydrogen (secondary N) is 1. The van der Waals surface area contributed by atoms with Crippen molar-refractivity contribution >= 4 is 17.7 Å². The lowest BCUT2D eigenvalue weighted by Gasteiger charge is -2.22. The number of anilines is 1. The fourth-order valence-corrected chi connectivity index (χ4v) is 1.81. The van der Waals surface area contributed by atoms with Crippen LogP contribution in [-0.4, -0.2) is 30.2 Å². The van der Waals surface area contributed by atoms with E-state index in [0.717, 1.165) is 5.69 Å². The molecule has 0 spiro atoms. The van der Waals surface area contributed by atoms with Crippen LogP contribution in [0.1, 0.15) is 25.7 Å². The molecule has 0 fully saturated rings. The lowest BCUT2D eigenvalue weighted by atomic mass is 10.2. The van der Waals surface area contributed by atoms with Crippen LogP contribution in [0, 0.1) is 11.3 Å². The molecule has 0 aliphatic heterocycles. The molecule has 6 nitrogen and oxygen atoms in total. The number of aliphatic carboxylic acids is 1. The Hall–Kier alpha value is -2.55. The molecule has 1 rings (SSSR count). The molecular formula is C15H19N3O3. The third kappa shape index (κ3) is 6.43. The normalized spacial score (nSPS) is 9.67. The topological polar surface area (TPSA) is 93.4 Å². The number of carbonyl (C=O) groups is 2. The second kappa shape index (κ2) is 9.37. The standard InChI is InChI=1S/C15H19N3O3/c16-10-6-12-18(13-7-2-1-3-8-13)15(21)17-11-5-4-9-14(19)20/h1-3,7-8H,4-6,9,11-12H2,(H,17,21)(H,19,20). The summed E-state index contributed by atoms with van der Waals surface area (Å²) in [5, 5.41) is 20.0. The van der Waals surface area contributed by atoms with E-state index in [1.165, 1.54) is 4.90 Å². The van der Waals surface area contributed by atoms with E-state index in [0.29, 0.717) is 25.9 Å². The van der Waals surface area contributed by atoms with Gasteiger partial charge in [-0.05, 0) is 25.0 Å². The Morgan fingerprint density at radius 3 is 2.57 bits per heavy atom. The molecule has 0 aliphatic carbocycles. The molecular weight excluding hydrogens is 270 g/mol. The number of hydrogen-bond acceptors (Lipinski definition) is 3. The first-order chi connectivity index (χ1) is 10.1. The molecule has 0 atom stereocenters. The Morgan fingerprint density at radius 2 is 1.95 bits per heavy atom. The van der Waals surface area contributed by atoms with Crippen LogP contribution < -0.4 is 10.2 Å². The zero-order valence-electron chi connectivity index (χ0n) is 11.8. The van der Waals surface area contributed by atoms with Crippen LogP contribution in [-0.2, 0) is 4.79 Å². The van der Waals surface area contributed by atoms with Gasteiger partial charge in [0.15, 0.2) is 0 Å². The Kier molecular flexibility index (Phi) is 7.36. The monoisotopic (exact) mass is 289 g/mol. The minimum absolute atomic E-state index is 0.104. The van der Waals surface area contributed by atoms with E-state index in [1.54, 1.807) is 12.1 Å². The van der Waals surface area contributed by atoms with E-state index in [2.05, 4.69) is 5.32 Å². The first kappa shape index (κ1) is 16.5. The summed E-state index contributed by atoms with van der Waals surface area (Å²) in [5.74, 6) is -0.832. The SMILES string of the molecule is N#CCCN(C(=O)NCCCCC(=O)O)c1ccccc1. The zero-order valence-corrected chi connectivity index (χ0v) is 11.8. The van der Waals surface area contributed by atoms with Crippen molar-refractivity contribution in [2.24, 2.45) is 0 Å². The minimum atomic E-state index is -0.832. The van der Waals surface area contributed by atoms with E-state index >= 15 is 0 Å². The molecule has 0 bridgehead atoms. The van der Waals surface area contributed by atoms with Crippen molar-refractivity contribution in [3.05, 3.63) is 30.3 Å². The average molecular weight is 289 g/mol. The number of hydrogen-bond donors (Lipinski definition) is 2. The Labute approximate surface area is 124 Å². The van der Waals surface area contributed by atoms with Gasteiger partial charge < -0.3 is 10.4 Å². The molecule has 0 unspecified atom stereocenters. The molecule has 112 valence electrons. The maximum Gasteiger partial charge on any atom is 0.321 e. The van der Waals surface area contributed by atoms with Gasteiger partial charge in [0.05, 0.1) is 12.5 Å². The number of benzene rings is 1. The zero-order chi connectivity index (χ0) is 15.5. The third-order valence-electron chi connectivity index (χ3n) is 2.85. The number of rotatable bonds is 8. The fraction of sp³-hybridized carbons (Fsp3) is 0.400. The summed E-state index contributed by atoms with van der Waals surface area (Å²) in [7, 11) is 0. The largest absolute Gasteiger partial charge is 0.481 e. The lowest BCUT2D eigenvalue weighted by Crippen LogP contribution is -2.41. The van der Waals surface area contributed by atoms with Gasteiger partial charge in [0, 0.05) is 25.2 Å². The number of unbranched alkanes of at least 4 members (excludes halogenated alkanes) is 1. The lowest BCUT2D eigenvalue weighted by molar-refractivity contribution is -0.137. The van der Waals surface area contributed by atoms with Crippen LogP contribution in [0.15, 0.2) is 30.3 Å². The Bertz CT molecular complexity index is 497. The van der Waals surface area contributed by atoms with Crippen LogP contribution in [0.2, 0.25) is 0 Å². The van der Waals surface area contributed by atoms with Crippen molar-refractivity contribution in [3.8, 4) is 6.07 Å². The van der Waals surface area contributed by atoms with E-state index in [1.807, 2.05) is 24.3 Å². The second-order valence-corrected chi connectivity index (χ2v) is 4.48. The van der Waals surface area contributed by atoms with Crippen molar-refractivity contribution in [2.45, 2.75) is 25.7 Å². The molecule has 0 aromatic heterocycles. The van der Waals surface area contributed by atoms with Crippen LogP contribution in [0.4, 0.5) is 10.5 Å². The van der Waals surface area contributed by atoms with Gasteiger partial charge in [-0.1, -0.05) is 18.2 Å². The number of amides is 2. The van der Waals surface area contributed by atoms with E-state index in [4.69, 9.17) is 10.4 Å². The fourth-order valence-electron chi connectivity index (χ4n) is 1.81. The number of carboxylic acids is 1. The summed E-state index contributed by atoms with van der Waals surface area (Å²) in [6, 6.07) is 10.9. The van der Waals surface area contributed by atoms with Crippen LogP contribution in [0.25, 0.3) is 0 Å². The van der Waals surface area contributed by atoms with Gasteiger partial charge in [0.25, 0.3) is 0 Å². The predicted molar refractivity (Wildman–Crippen MR) is 78.9 cm³/mol. The van der Waals surface area contributed by atoms with Gasteiger partial charge in [-0.3, -0.25) is 9.69 Å². The maximum absolute atomic E-state index is 12.1. The Balaban J connectivity index is 2.49. The van der Waals surface area contributed by atoms with Crippen molar-refractivity contribution < 1.29 is 14.7 Å². The summed E-state index contributed by atoms with van der Waals surface area (Å²) in [4.78, 5) is 24.0. The van der Waals surface area contributed by atoms with Crippen LogP contribution >= 0.6 is 0 Å². The number of nitrogens with zero attached hydrogens (tertiary/aromatic N) is 2. The molecule has 0 saturated heterocycles. The third-order valence-corrected chi connectivity index (χ3v) is 2.85. The van der Waals surface area contributed by atoms with Crippen molar-refractivity contribution in [1.29, 1.82) is 5.26 Å². The van der Waals surface area contributed by atoms with Gasteiger partial charge >= 0.3 is 12.0 Å². The smallest absolute Gasteiger partial charge is 0.321 e. The van der Waals surface area contributed by atoms with Gasteiger partial charge in [-0.2, -0.15) is 5.26 Å². The van der Waals surface area contributed by atoms with Gasteiger partial charge in [0.1, 0.15) is 0 Å². The van der Waals surface area contributed by atoms with Gasteiger partial charge in [-0.15, -0.1) is 0 Å². The highest BCUT2D eigenvalue weighted by molar-refractivity contribution is 5.91. The molecule has 0 radical (unpaired) electrons. The summed E-state index contributed by atoms with van der Waals surface area (Å²) in [6.07, 6.45) is 1.49. The molecule has 0 saturated carbocycles. The molecule has 6 heteroatoms. The highest BCUT2D eigenvalue weighted by Gasteiger charge is 2.14. The average Bonchev–Trinajstić information content (AvgIpc) is 2.48. The molecule has 0 aliphatic rings.